The number of benzene rings is 1. The van der Waals surface area contributed by atoms with Crippen molar-refractivity contribution >= 4 is 0 Å². The van der Waals surface area contributed by atoms with E-state index in [9.17, 15) is 5.11 Å². The van der Waals surface area contributed by atoms with Crippen molar-refractivity contribution in [2.24, 2.45) is 0 Å². The third kappa shape index (κ3) is 4.96. The first kappa shape index (κ1) is 14.5. The second-order valence-corrected chi connectivity index (χ2v) is 5.92. The van der Waals surface area contributed by atoms with Gasteiger partial charge in [0.15, 0.2) is 0 Å². The molecule has 1 aromatic rings. The van der Waals surface area contributed by atoms with Gasteiger partial charge in [-0.1, -0.05) is 29.3 Å². The molecule has 0 saturated carbocycles. The molecule has 1 heterocycles. The number of hydrogen-bond acceptors (Lipinski definition) is 2. The van der Waals surface area contributed by atoms with E-state index in [1.54, 1.807) is 0 Å². The van der Waals surface area contributed by atoms with E-state index in [0.717, 1.165) is 32.3 Å². The maximum absolute atomic E-state index is 10.1. The Hall–Kier alpha value is -0.860. The molecule has 0 bridgehead atoms. The van der Waals surface area contributed by atoms with Gasteiger partial charge in [-0.3, -0.25) is 0 Å². The molecule has 1 aliphatic heterocycles. The maximum atomic E-state index is 10.1. The van der Waals surface area contributed by atoms with Crippen LogP contribution in [0.15, 0.2) is 18.2 Å². The van der Waals surface area contributed by atoms with Crippen LogP contribution < -0.4 is 0 Å². The first-order chi connectivity index (χ1) is 9.13. The Morgan fingerprint density at radius 1 is 1.26 bits per heavy atom. The molecule has 0 spiro atoms. The molecule has 1 aliphatic rings. The van der Waals surface area contributed by atoms with Gasteiger partial charge in [-0.05, 0) is 57.9 Å². The number of aliphatic hydroxyl groups is 1. The molecule has 2 heteroatoms. The van der Waals surface area contributed by atoms with Crippen LogP contribution in [-0.2, 0) is 11.2 Å². The average molecular weight is 262 g/mol. The molecule has 2 unspecified atom stereocenters. The highest BCUT2D eigenvalue weighted by Gasteiger charge is 2.15. The Labute approximate surface area is 116 Å². The van der Waals surface area contributed by atoms with E-state index in [2.05, 4.69) is 32.0 Å². The summed E-state index contributed by atoms with van der Waals surface area (Å²) in [5, 5.41) is 10.1. The van der Waals surface area contributed by atoms with E-state index in [1.807, 2.05) is 0 Å². The number of rotatable bonds is 6. The largest absolute Gasteiger partial charge is 0.393 e. The zero-order chi connectivity index (χ0) is 13.7. The first-order valence-electron chi connectivity index (χ1n) is 7.50. The number of aryl methyl sites for hydroxylation is 2. The molecule has 106 valence electrons. The molecule has 0 aliphatic carbocycles. The van der Waals surface area contributed by atoms with E-state index in [0.29, 0.717) is 6.10 Å². The topological polar surface area (TPSA) is 29.5 Å². The van der Waals surface area contributed by atoms with Crippen LogP contribution in [0.25, 0.3) is 0 Å². The highest BCUT2D eigenvalue weighted by atomic mass is 16.5. The summed E-state index contributed by atoms with van der Waals surface area (Å²) in [5.41, 5.74) is 3.81. The molecule has 2 nitrogen and oxygen atoms in total. The van der Waals surface area contributed by atoms with Gasteiger partial charge in [0.25, 0.3) is 0 Å². The summed E-state index contributed by atoms with van der Waals surface area (Å²) in [4.78, 5) is 0. The van der Waals surface area contributed by atoms with E-state index in [1.165, 1.54) is 29.5 Å². The molecule has 2 rings (SSSR count). The maximum Gasteiger partial charge on any atom is 0.0580 e. The van der Waals surface area contributed by atoms with Crippen LogP contribution in [0.1, 0.15) is 48.8 Å². The molecule has 1 fully saturated rings. The average Bonchev–Trinajstić information content (AvgIpc) is 2.80. The van der Waals surface area contributed by atoms with Crippen LogP contribution in [0.3, 0.4) is 0 Å². The zero-order valence-electron chi connectivity index (χ0n) is 12.2. The number of ether oxygens (including phenoxy) is 1. The summed E-state index contributed by atoms with van der Waals surface area (Å²) in [6, 6.07) is 6.53. The predicted molar refractivity (Wildman–Crippen MR) is 78.5 cm³/mol. The summed E-state index contributed by atoms with van der Waals surface area (Å²) in [7, 11) is 0. The molecular formula is C17H26O2. The smallest absolute Gasteiger partial charge is 0.0580 e. The summed E-state index contributed by atoms with van der Waals surface area (Å²) >= 11 is 0. The molecular weight excluding hydrogens is 236 g/mol. The summed E-state index contributed by atoms with van der Waals surface area (Å²) in [6.07, 6.45) is 6.46. The van der Waals surface area contributed by atoms with Gasteiger partial charge < -0.3 is 9.84 Å². The van der Waals surface area contributed by atoms with Crippen molar-refractivity contribution in [3.63, 3.8) is 0 Å². The van der Waals surface area contributed by atoms with E-state index >= 15 is 0 Å². The van der Waals surface area contributed by atoms with Crippen LogP contribution in [0.4, 0.5) is 0 Å². The fraction of sp³-hybridized carbons (Fsp3) is 0.647. The van der Waals surface area contributed by atoms with Gasteiger partial charge in [0.1, 0.15) is 0 Å². The van der Waals surface area contributed by atoms with E-state index in [4.69, 9.17) is 4.74 Å². The van der Waals surface area contributed by atoms with Gasteiger partial charge in [-0.15, -0.1) is 0 Å². The van der Waals surface area contributed by atoms with Crippen molar-refractivity contribution in [1.82, 2.24) is 0 Å². The SMILES string of the molecule is Cc1cc(C)cc(CC(O)CCCC2CCCO2)c1. The third-order valence-corrected chi connectivity index (χ3v) is 3.84. The highest BCUT2D eigenvalue weighted by molar-refractivity contribution is 5.28. The predicted octanol–water partition coefficient (Wildman–Crippen LogP) is 3.56. The fourth-order valence-electron chi connectivity index (χ4n) is 3.01. The minimum atomic E-state index is -0.220. The van der Waals surface area contributed by atoms with Crippen molar-refractivity contribution in [3.8, 4) is 0 Å². The molecule has 1 N–H and O–H groups in total. The normalized spacial score (nSPS) is 20.7. The lowest BCUT2D eigenvalue weighted by molar-refractivity contribution is 0.0945. The van der Waals surface area contributed by atoms with Crippen LogP contribution in [0.2, 0.25) is 0 Å². The van der Waals surface area contributed by atoms with Crippen LogP contribution in [-0.4, -0.2) is 23.9 Å². The monoisotopic (exact) mass is 262 g/mol. The van der Waals surface area contributed by atoms with E-state index < -0.39 is 0 Å². The van der Waals surface area contributed by atoms with Gasteiger partial charge in [0.2, 0.25) is 0 Å². The first-order valence-corrected chi connectivity index (χ1v) is 7.50. The Morgan fingerprint density at radius 3 is 2.63 bits per heavy atom. The lowest BCUT2D eigenvalue weighted by Gasteiger charge is -2.13. The Kier molecular flexibility index (Phi) is 5.41. The highest BCUT2D eigenvalue weighted by Crippen LogP contribution is 2.19. The number of aliphatic hydroxyl groups excluding tert-OH is 1. The van der Waals surface area contributed by atoms with Gasteiger partial charge in [0, 0.05) is 6.61 Å². The minimum absolute atomic E-state index is 0.220. The second-order valence-electron chi connectivity index (χ2n) is 5.92. The quantitative estimate of drug-likeness (QED) is 0.849. The van der Waals surface area contributed by atoms with Gasteiger partial charge >= 0.3 is 0 Å². The Morgan fingerprint density at radius 2 is 2.00 bits per heavy atom. The van der Waals surface area contributed by atoms with Crippen molar-refractivity contribution in [3.05, 3.63) is 34.9 Å². The molecule has 2 atom stereocenters. The zero-order valence-corrected chi connectivity index (χ0v) is 12.2. The molecule has 0 radical (unpaired) electrons. The third-order valence-electron chi connectivity index (χ3n) is 3.84. The molecule has 0 amide bonds. The van der Waals surface area contributed by atoms with Crippen LogP contribution in [0, 0.1) is 13.8 Å². The fourth-order valence-corrected chi connectivity index (χ4v) is 3.01. The van der Waals surface area contributed by atoms with Crippen molar-refractivity contribution in [1.29, 1.82) is 0 Å². The van der Waals surface area contributed by atoms with Crippen LogP contribution >= 0.6 is 0 Å². The standard InChI is InChI=1S/C17H26O2/c1-13-9-14(2)11-15(10-13)12-16(18)5-3-6-17-7-4-8-19-17/h9-11,16-18H,3-8,12H2,1-2H3. The lowest BCUT2D eigenvalue weighted by Crippen LogP contribution is -2.12. The number of hydrogen-bond donors (Lipinski definition) is 1. The molecule has 1 aromatic carbocycles. The van der Waals surface area contributed by atoms with Gasteiger partial charge in [-0.25, -0.2) is 0 Å². The summed E-state index contributed by atoms with van der Waals surface area (Å²) < 4.78 is 5.60. The van der Waals surface area contributed by atoms with Crippen LogP contribution in [0.5, 0.6) is 0 Å². The minimum Gasteiger partial charge on any atom is -0.393 e. The summed E-state index contributed by atoms with van der Waals surface area (Å²) in [5.74, 6) is 0. The molecule has 19 heavy (non-hydrogen) atoms. The Balaban J connectivity index is 1.72. The lowest BCUT2D eigenvalue weighted by atomic mass is 9.99. The van der Waals surface area contributed by atoms with E-state index in [-0.39, 0.29) is 6.10 Å². The van der Waals surface area contributed by atoms with Gasteiger partial charge in [-0.2, -0.15) is 0 Å². The van der Waals surface area contributed by atoms with Crippen molar-refractivity contribution < 1.29 is 9.84 Å². The second kappa shape index (κ2) is 7.06. The Bertz CT molecular complexity index is 374. The van der Waals surface area contributed by atoms with Crippen molar-refractivity contribution in [2.75, 3.05) is 6.61 Å². The summed E-state index contributed by atoms with van der Waals surface area (Å²) in [6.45, 7) is 5.15. The molecule has 1 saturated heterocycles. The van der Waals surface area contributed by atoms with Gasteiger partial charge in [0.05, 0.1) is 12.2 Å². The molecule has 0 aromatic heterocycles. The van der Waals surface area contributed by atoms with Crippen molar-refractivity contribution in [2.45, 2.75) is 64.6 Å².